The molecule has 0 saturated heterocycles. The first-order valence-corrected chi connectivity index (χ1v) is 5.45. The van der Waals surface area contributed by atoms with E-state index >= 15 is 0 Å². The molecule has 3 nitrogen and oxygen atoms in total. The lowest BCUT2D eigenvalue weighted by Gasteiger charge is -2.00. The van der Waals surface area contributed by atoms with Crippen LogP contribution in [0.3, 0.4) is 0 Å². The van der Waals surface area contributed by atoms with Gasteiger partial charge in [-0.05, 0) is 19.8 Å². The van der Waals surface area contributed by atoms with Crippen molar-refractivity contribution in [2.75, 3.05) is 7.11 Å². The Hall–Kier alpha value is -0.900. The average molecular weight is 211 g/mol. The maximum Gasteiger partial charge on any atom is 0.357 e. The number of carbonyl (C=O) groups is 1. The Labute approximate surface area is 87.1 Å². The summed E-state index contributed by atoms with van der Waals surface area (Å²) >= 11 is 1.62. The molecule has 0 spiro atoms. The number of carbonyl (C=O) groups excluding carboxylic acids is 1. The van der Waals surface area contributed by atoms with Gasteiger partial charge in [-0.2, -0.15) is 0 Å². The molecule has 0 N–H and O–H groups in total. The lowest BCUT2D eigenvalue weighted by atomic mass is 10.2. The number of rotatable bonds is 2. The number of nitrogens with zero attached hydrogens (tertiary/aromatic N) is 1. The van der Waals surface area contributed by atoms with Gasteiger partial charge in [0.15, 0.2) is 5.69 Å². The van der Waals surface area contributed by atoms with Gasteiger partial charge >= 0.3 is 5.97 Å². The molecule has 0 aliphatic heterocycles. The van der Waals surface area contributed by atoms with Gasteiger partial charge in [0.2, 0.25) is 0 Å². The van der Waals surface area contributed by atoms with Gasteiger partial charge in [-0.15, -0.1) is 11.3 Å². The third-order valence-electron chi connectivity index (χ3n) is 2.69. The van der Waals surface area contributed by atoms with Crippen LogP contribution in [0.1, 0.15) is 40.1 Å². The fraction of sp³-hybridized carbons (Fsp3) is 0.600. The van der Waals surface area contributed by atoms with Gasteiger partial charge in [-0.25, -0.2) is 9.78 Å². The highest BCUT2D eigenvalue weighted by molar-refractivity contribution is 7.12. The van der Waals surface area contributed by atoms with Crippen molar-refractivity contribution in [2.24, 2.45) is 0 Å². The van der Waals surface area contributed by atoms with Crippen LogP contribution < -0.4 is 0 Å². The smallest absolute Gasteiger partial charge is 0.357 e. The van der Waals surface area contributed by atoms with Crippen LogP contribution in [-0.4, -0.2) is 18.1 Å². The molecule has 1 fully saturated rings. The molecule has 1 aliphatic rings. The predicted octanol–water partition coefficient (Wildman–Crippen LogP) is 2.29. The second-order valence-electron chi connectivity index (χ2n) is 3.98. The van der Waals surface area contributed by atoms with E-state index in [0.717, 1.165) is 9.88 Å². The van der Waals surface area contributed by atoms with Crippen LogP contribution in [0.4, 0.5) is 0 Å². The van der Waals surface area contributed by atoms with Crippen molar-refractivity contribution in [2.45, 2.75) is 32.1 Å². The van der Waals surface area contributed by atoms with Gasteiger partial charge in [0.25, 0.3) is 0 Å². The van der Waals surface area contributed by atoms with Gasteiger partial charge in [0.05, 0.1) is 12.1 Å². The van der Waals surface area contributed by atoms with Crippen molar-refractivity contribution in [1.82, 2.24) is 4.98 Å². The van der Waals surface area contributed by atoms with Crippen LogP contribution in [0.5, 0.6) is 0 Å². The highest BCUT2D eigenvalue weighted by Crippen LogP contribution is 2.49. The van der Waals surface area contributed by atoms with E-state index in [1.165, 1.54) is 20.0 Å². The number of methoxy groups -OCH3 is 1. The Morgan fingerprint density at radius 3 is 2.71 bits per heavy atom. The third-order valence-corrected chi connectivity index (χ3v) is 3.97. The van der Waals surface area contributed by atoms with E-state index < -0.39 is 0 Å². The van der Waals surface area contributed by atoms with Crippen LogP contribution in [0.2, 0.25) is 0 Å². The van der Waals surface area contributed by atoms with Crippen molar-refractivity contribution < 1.29 is 9.53 Å². The zero-order valence-electron chi connectivity index (χ0n) is 8.59. The number of aryl methyl sites for hydroxylation is 1. The molecule has 4 heteroatoms. The second-order valence-corrected chi connectivity index (χ2v) is 5.18. The summed E-state index contributed by atoms with van der Waals surface area (Å²) in [7, 11) is 1.39. The van der Waals surface area contributed by atoms with E-state index in [1.807, 2.05) is 6.92 Å². The van der Waals surface area contributed by atoms with Crippen LogP contribution in [0.25, 0.3) is 0 Å². The van der Waals surface area contributed by atoms with E-state index in [-0.39, 0.29) is 11.4 Å². The van der Waals surface area contributed by atoms with Gasteiger partial charge in [-0.3, -0.25) is 0 Å². The van der Waals surface area contributed by atoms with Gasteiger partial charge in [0, 0.05) is 10.3 Å². The predicted molar refractivity (Wildman–Crippen MR) is 54.8 cm³/mol. The van der Waals surface area contributed by atoms with Gasteiger partial charge in [0.1, 0.15) is 0 Å². The van der Waals surface area contributed by atoms with Crippen molar-refractivity contribution in [3.63, 3.8) is 0 Å². The van der Waals surface area contributed by atoms with Crippen LogP contribution in [-0.2, 0) is 10.2 Å². The molecule has 1 heterocycles. The highest BCUT2D eigenvalue weighted by atomic mass is 32.1. The number of aromatic nitrogens is 1. The first-order valence-electron chi connectivity index (χ1n) is 4.63. The first kappa shape index (κ1) is 9.65. The summed E-state index contributed by atoms with van der Waals surface area (Å²) in [6, 6.07) is 0. The van der Waals surface area contributed by atoms with E-state index in [2.05, 4.69) is 16.6 Å². The van der Waals surface area contributed by atoms with Gasteiger partial charge < -0.3 is 4.74 Å². The largest absolute Gasteiger partial charge is 0.464 e. The van der Waals surface area contributed by atoms with Crippen molar-refractivity contribution >= 4 is 17.3 Å². The van der Waals surface area contributed by atoms with Crippen molar-refractivity contribution in [3.05, 3.63) is 15.6 Å². The van der Waals surface area contributed by atoms with E-state index in [1.54, 1.807) is 11.3 Å². The summed E-state index contributed by atoms with van der Waals surface area (Å²) in [5.41, 5.74) is 0.724. The lowest BCUT2D eigenvalue weighted by Crippen LogP contribution is -2.05. The van der Waals surface area contributed by atoms with Crippen molar-refractivity contribution in [1.29, 1.82) is 0 Å². The molecule has 1 aromatic rings. The monoisotopic (exact) mass is 211 g/mol. The Balaban J connectivity index is 2.34. The molecule has 1 aliphatic carbocycles. The number of thiazole rings is 1. The zero-order chi connectivity index (χ0) is 10.3. The summed E-state index contributed by atoms with van der Waals surface area (Å²) in [6.45, 7) is 4.10. The van der Waals surface area contributed by atoms with E-state index in [9.17, 15) is 4.79 Å². The minimum Gasteiger partial charge on any atom is -0.464 e. The number of ether oxygens (including phenoxy) is 1. The summed E-state index contributed by atoms with van der Waals surface area (Å²) in [4.78, 5) is 16.6. The molecule has 0 amide bonds. The summed E-state index contributed by atoms with van der Waals surface area (Å²) in [6.07, 6.45) is 2.36. The fourth-order valence-electron chi connectivity index (χ4n) is 1.34. The Morgan fingerprint density at radius 1 is 1.57 bits per heavy atom. The molecule has 0 atom stereocenters. The Morgan fingerprint density at radius 2 is 2.21 bits per heavy atom. The van der Waals surface area contributed by atoms with E-state index in [4.69, 9.17) is 0 Å². The standard InChI is InChI=1S/C10H13NO2S/c1-6-7(8(12)13-3)11-9(14-6)10(2)4-5-10/h4-5H2,1-3H3. The van der Waals surface area contributed by atoms with Crippen molar-refractivity contribution in [3.8, 4) is 0 Å². The molecule has 0 aromatic carbocycles. The van der Waals surface area contributed by atoms with E-state index in [0.29, 0.717) is 5.69 Å². The molecule has 0 bridgehead atoms. The molecular formula is C10H13NO2S. The molecule has 1 aromatic heterocycles. The summed E-state index contributed by atoms with van der Waals surface area (Å²) < 4.78 is 4.67. The molecule has 0 unspecified atom stereocenters. The normalized spacial score (nSPS) is 17.9. The number of esters is 1. The molecule has 1 saturated carbocycles. The molecular weight excluding hydrogens is 198 g/mol. The first-order chi connectivity index (χ1) is 6.57. The summed E-state index contributed by atoms with van der Waals surface area (Å²) in [5.74, 6) is -0.325. The van der Waals surface area contributed by atoms with Gasteiger partial charge in [-0.1, -0.05) is 6.92 Å². The fourth-order valence-corrected chi connectivity index (χ4v) is 2.45. The molecule has 14 heavy (non-hydrogen) atoms. The zero-order valence-corrected chi connectivity index (χ0v) is 9.40. The van der Waals surface area contributed by atoms with Crippen LogP contribution in [0.15, 0.2) is 0 Å². The van der Waals surface area contributed by atoms with Crippen LogP contribution in [0, 0.1) is 6.92 Å². The number of hydrogen-bond acceptors (Lipinski definition) is 4. The number of hydrogen-bond donors (Lipinski definition) is 0. The molecule has 0 radical (unpaired) electrons. The highest BCUT2D eigenvalue weighted by Gasteiger charge is 2.42. The topological polar surface area (TPSA) is 39.2 Å². The minimum absolute atomic E-state index is 0.238. The third kappa shape index (κ3) is 1.43. The molecule has 2 rings (SSSR count). The average Bonchev–Trinajstić information content (AvgIpc) is 2.78. The lowest BCUT2D eigenvalue weighted by molar-refractivity contribution is 0.0594. The maximum absolute atomic E-state index is 11.3. The maximum atomic E-state index is 11.3. The van der Waals surface area contributed by atoms with Crippen LogP contribution >= 0.6 is 11.3 Å². The molecule has 76 valence electrons. The summed E-state index contributed by atoms with van der Waals surface area (Å²) in [5, 5.41) is 1.08. The second kappa shape index (κ2) is 3.05. The SMILES string of the molecule is COC(=O)c1nc(C2(C)CC2)sc1C. The Kier molecular flexibility index (Phi) is 2.10. The quantitative estimate of drug-likeness (QED) is 0.704. The minimum atomic E-state index is -0.325. The Bertz CT molecular complexity index is 379.